The minimum absolute atomic E-state index is 0.0753. The van der Waals surface area contributed by atoms with Crippen molar-refractivity contribution in [3.8, 4) is 6.07 Å². The van der Waals surface area contributed by atoms with Gasteiger partial charge in [-0.15, -0.1) is 0 Å². The fourth-order valence-electron chi connectivity index (χ4n) is 3.51. The molecule has 0 aliphatic carbocycles. The summed E-state index contributed by atoms with van der Waals surface area (Å²) < 4.78 is 5.40. The molecule has 8 heteroatoms. The van der Waals surface area contributed by atoms with Crippen LogP contribution in [0.25, 0.3) is 0 Å². The van der Waals surface area contributed by atoms with E-state index in [-0.39, 0.29) is 24.0 Å². The van der Waals surface area contributed by atoms with Crippen molar-refractivity contribution in [3.63, 3.8) is 0 Å². The van der Waals surface area contributed by atoms with Gasteiger partial charge in [-0.3, -0.25) is 14.6 Å². The van der Waals surface area contributed by atoms with Crippen molar-refractivity contribution in [2.45, 2.75) is 51.7 Å². The van der Waals surface area contributed by atoms with Crippen LogP contribution in [0.1, 0.15) is 57.2 Å². The Balaban J connectivity index is 1.61. The maximum atomic E-state index is 13.0. The number of aromatic nitrogens is 1. The predicted molar refractivity (Wildman–Crippen MR) is 99.6 cm³/mol. The lowest BCUT2D eigenvalue weighted by atomic mass is 9.95. The first kappa shape index (κ1) is 20.1. The third kappa shape index (κ3) is 4.60. The summed E-state index contributed by atoms with van der Waals surface area (Å²) in [6, 6.07) is 3.58. The summed E-state index contributed by atoms with van der Waals surface area (Å²) >= 11 is 0. The third-order valence-corrected chi connectivity index (χ3v) is 4.89. The number of hydrogen-bond acceptors (Lipinski definition) is 6. The average molecular weight is 386 g/mol. The Morgan fingerprint density at radius 2 is 1.96 bits per heavy atom. The van der Waals surface area contributed by atoms with Gasteiger partial charge >= 0.3 is 6.09 Å². The number of carbonyl (C=O) groups is 2. The van der Waals surface area contributed by atoms with E-state index in [0.717, 1.165) is 5.56 Å². The molecule has 0 aromatic carbocycles. The fraction of sp³-hybridized carbons (Fsp3) is 0.600. The lowest BCUT2D eigenvalue weighted by Crippen LogP contribution is -2.45. The molecule has 0 N–H and O–H groups in total. The molecule has 2 aliphatic rings. The molecule has 0 radical (unpaired) electrons. The molecule has 1 aromatic rings. The number of hydroxylamine groups is 2. The van der Waals surface area contributed by atoms with E-state index < -0.39 is 5.60 Å². The number of pyridine rings is 1. The van der Waals surface area contributed by atoms with E-state index in [4.69, 9.17) is 14.8 Å². The van der Waals surface area contributed by atoms with Gasteiger partial charge in [-0.05, 0) is 45.2 Å². The van der Waals surface area contributed by atoms with Gasteiger partial charge in [-0.1, -0.05) is 0 Å². The Morgan fingerprint density at radius 1 is 1.25 bits per heavy atom. The Labute approximate surface area is 165 Å². The van der Waals surface area contributed by atoms with Crippen LogP contribution in [0.2, 0.25) is 0 Å². The van der Waals surface area contributed by atoms with Crippen molar-refractivity contribution in [3.05, 3.63) is 29.6 Å². The number of rotatable bonds is 2. The lowest BCUT2D eigenvalue weighted by molar-refractivity contribution is -0.183. The normalized spacial score (nSPS) is 20.7. The smallest absolute Gasteiger partial charge is 0.410 e. The molecule has 2 aliphatic heterocycles. The van der Waals surface area contributed by atoms with E-state index in [1.807, 2.05) is 20.8 Å². The number of likely N-dealkylation sites (tertiary alicyclic amines) is 1. The summed E-state index contributed by atoms with van der Waals surface area (Å²) in [5, 5.41) is 10.5. The third-order valence-electron chi connectivity index (χ3n) is 4.89. The van der Waals surface area contributed by atoms with E-state index in [1.54, 1.807) is 17.2 Å². The Hall–Kier alpha value is -2.66. The minimum atomic E-state index is -0.535. The minimum Gasteiger partial charge on any atom is -0.444 e. The van der Waals surface area contributed by atoms with E-state index in [9.17, 15) is 9.59 Å². The predicted octanol–water partition coefficient (Wildman–Crippen LogP) is 2.81. The summed E-state index contributed by atoms with van der Waals surface area (Å²) in [4.78, 5) is 36.6. The quantitative estimate of drug-likeness (QED) is 0.775. The van der Waals surface area contributed by atoms with E-state index in [0.29, 0.717) is 44.5 Å². The molecular weight excluding hydrogens is 360 g/mol. The van der Waals surface area contributed by atoms with Gasteiger partial charge in [0.2, 0.25) is 5.91 Å². The van der Waals surface area contributed by atoms with Crippen molar-refractivity contribution >= 4 is 12.0 Å². The fourth-order valence-corrected chi connectivity index (χ4v) is 3.51. The second-order valence-electron chi connectivity index (χ2n) is 8.16. The van der Waals surface area contributed by atoms with Gasteiger partial charge in [0.05, 0.1) is 18.2 Å². The van der Waals surface area contributed by atoms with Crippen LogP contribution in [-0.4, -0.2) is 52.2 Å². The van der Waals surface area contributed by atoms with Crippen LogP contribution >= 0.6 is 0 Å². The van der Waals surface area contributed by atoms with Gasteiger partial charge in [-0.25, -0.2) is 9.86 Å². The molecule has 8 nitrogen and oxygen atoms in total. The Kier molecular flexibility index (Phi) is 5.84. The van der Waals surface area contributed by atoms with Gasteiger partial charge in [0.1, 0.15) is 11.7 Å². The van der Waals surface area contributed by atoms with Gasteiger partial charge in [0.25, 0.3) is 0 Å². The van der Waals surface area contributed by atoms with E-state index >= 15 is 0 Å². The summed E-state index contributed by atoms with van der Waals surface area (Å²) in [7, 11) is 0. The first-order chi connectivity index (χ1) is 13.3. The molecule has 2 fully saturated rings. The highest BCUT2D eigenvalue weighted by atomic mass is 16.7. The SMILES string of the molecule is CC(C)(C)OC(=O)N1CCC(C(=O)N2OCC[C@H]2c2cncc(C#N)c2)CC1. The highest BCUT2D eigenvalue weighted by molar-refractivity contribution is 5.79. The first-order valence-corrected chi connectivity index (χ1v) is 9.57. The zero-order valence-corrected chi connectivity index (χ0v) is 16.6. The molecule has 0 bridgehead atoms. The van der Waals surface area contributed by atoms with Gasteiger partial charge in [0.15, 0.2) is 0 Å². The van der Waals surface area contributed by atoms with Gasteiger partial charge in [0, 0.05) is 37.8 Å². The maximum absolute atomic E-state index is 13.0. The number of nitriles is 1. The summed E-state index contributed by atoms with van der Waals surface area (Å²) in [5.41, 5.74) is 0.727. The molecular formula is C20H26N4O4. The summed E-state index contributed by atoms with van der Waals surface area (Å²) in [5.74, 6) is -0.278. The highest BCUT2D eigenvalue weighted by Gasteiger charge is 2.38. The number of hydrogen-bond donors (Lipinski definition) is 0. The molecule has 1 atom stereocenters. The lowest BCUT2D eigenvalue weighted by Gasteiger charge is -2.34. The molecule has 0 spiro atoms. The standard InChI is InChI=1S/C20H26N4O4/c1-20(2,3)28-19(26)23-7-4-15(5-8-23)18(25)24-17(6-9-27-24)16-10-14(11-21)12-22-13-16/h10,12-13,15,17H,4-9H2,1-3H3/t17-/m0/s1. The van der Waals surface area contributed by atoms with Crippen molar-refractivity contribution in [2.75, 3.05) is 19.7 Å². The van der Waals surface area contributed by atoms with Crippen LogP contribution in [0.3, 0.4) is 0 Å². The summed E-state index contributed by atoms with van der Waals surface area (Å²) in [6.45, 7) is 6.92. The zero-order chi connectivity index (χ0) is 20.3. The number of piperidine rings is 1. The number of amides is 2. The molecule has 3 heterocycles. The zero-order valence-electron chi connectivity index (χ0n) is 16.6. The summed E-state index contributed by atoms with van der Waals surface area (Å²) in [6.07, 6.45) is 4.64. The van der Waals surface area contributed by atoms with Crippen molar-refractivity contribution in [1.29, 1.82) is 5.26 Å². The second-order valence-corrected chi connectivity index (χ2v) is 8.16. The van der Waals surface area contributed by atoms with Crippen molar-refractivity contribution in [1.82, 2.24) is 14.9 Å². The maximum Gasteiger partial charge on any atom is 0.410 e. The van der Waals surface area contributed by atoms with Crippen molar-refractivity contribution in [2.24, 2.45) is 5.92 Å². The molecule has 3 rings (SSSR count). The van der Waals surface area contributed by atoms with Crippen LogP contribution in [0.15, 0.2) is 18.5 Å². The Morgan fingerprint density at radius 3 is 2.61 bits per heavy atom. The molecule has 0 saturated carbocycles. The van der Waals surface area contributed by atoms with Crippen LogP contribution in [0.5, 0.6) is 0 Å². The van der Waals surface area contributed by atoms with Gasteiger partial charge < -0.3 is 9.64 Å². The van der Waals surface area contributed by atoms with Crippen LogP contribution in [0, 0.1) is 17.2 Å². The van der Waals surface area contributed by atoms with E-state index in [2.05, 4.69) is 11.1 Å². The van der Waals surface area contributed by atoms with E-state index in [1.165, 1.54) is 11.3 Å². The average Bonchev–Trinajstić information content (AvgIpc) is 3.16. The highest BCUT2D eigenvalue weighted by Crippen LogP contribution is 2.33. The molecule has 2 saturated heterocycles. The first-order valence-electron chi connectivity index (χ1n) is 9.57. The second kappa shape index (κ2) is 8.15. The molecule has 150 valence electrons. The Bertz CT molecular complexity index is 775. The van der Waals surface area contributed by atoms with Gasteiger partial charge in [-0.2, -0.15) is 5.26 Å². The topological polar surface area (TPSA) is 95.8 Å². The molecule has 1 aromatic heterocycles. The molecule has 0 unspecified atom stereocenters. The van der Waals surface area contributed by atoms with Crippen molar-refractivity contribution < 1.29 is 19.2 Å². The number of ether oxygens (including phenoxy) is 1. The van der Waals surface area contributed by atoms with Crippen LogP contribution in [-0.2, 0) is 14.4 Å². The van der Waals surface area contributed by atoms with Crippen LogP contribution in [0.4, 0.5) is 4.79 Å². The largest absolute Gasteiger partial charge is 0.444 e. The number of nitrogens with zero attached hydrogens (tertiary/aromatic N) is 4. The van der Waals surface area contributed by atoms with Crippen LogP contribution < -0.4 is 0 Å². The monoisotopic (exact) mass is 386 g/mol. The number of carbonyl (C=O) groups excluding carboxylic acids is 2. The molecule has 2 amide bonds. The molecule has 28 heavy (non-hydrogen) atoms.